The molecule has 3 amide bonds. The molecule has 12 nitrogen and oxygen atoms in total. The number of hydrazone groups is 1. The predicted octanol–water partition coefficient (Wildman–Crippen LogP) is -0.828. The largest absolute Gasteiger partial charge is 0.374 e. The molecule has 1 heterocycles. The van der Waals surface area contributed by atoms with Gasteiger partial charge in [-0.2, -0.15) is 5.10 Å². The van der Waals surface area contributed by atoms with E-state index in [2.05, 4.69) is 36.8 Å². The first kappa shape index (κ1) is 29.3. The standard InChI is InChI=1S/C22H42N8O4/c1-15(31)29-27-13-16(9-8-11-26-21(24-6)25-7)28-19(32)18-10-12-30(18)20(33)17(23-5)14-34-22(2,3)4/h13,16-18,23H,8-12,14H2,1-7H3,(H,28,32)(H,29,31)(H2,24,25,26)/b27-13+. The Kier molecular flexibility index (Phi) is 12.5. The maximum absolute atomic E-state index is 13.0. The SMILES string of the molecule is CN=C(NC)NCCCC(/C=N/NC(C)=O)NC(=O)C1CCN1C(=O)C(COC(C)(C)C)NC. The minimum Gasteiger partial charge on any atom is -0.374 e. The number of amides is 3. The first-order valence-electron chi connectivity index (χ1n) is 11.6. The van der Waals surface area contributed by atoms with Crippen LogP contribution in [0, 0.1) is 0 Å². The Bertz CT molecular complexity index is 735. The lowest BCUT2D eigenvalue weighted by molar-refractivity contribution is -0.151. The molecule has 0 radical (unpaired) electrons. The Balaban J connectivity index is 2.71. The van der Waals surface area contributed by atoms with Crippen LogP contribution >= 0.6 is 0 Å². The van der Waals surface area contributed by atoms with E-state index in [4.69, 9.17) is 4.74 Å². The molecule has 0 bridgehead atoms. The third-order valence-corrected chi connectivity index (χ3v) is 5.18. The van der Waals surface area contributed by atoms with Gasteiger partial charge in [-0.05, 0) is 47.1 Å². The van der Waals surface area contributed by atoms with Gasteiger partial charge < -0.3 is 30.9 Å². The third kappa shape index (κ3) is 10.5. The molecule has 0 saturated carbocycles. The highest BCUT2D eigenvalue weighted by atomic mass is 16.5. The van der Waals surface area contributed by atoms with Crippen LogP contribution < -0.4 is 26.7 Å². The summed E-state index contributed by atoms with van der Waals surface area (Å²) in [6.45, 7) is 8.52. The number of nitrogens with one attached hydrogen (secondary N) is 5. The second-order valence-electron chi connectivity index (χ2n) is 9.05. The summed E-state index contributed by atoms with van der Waals surface area (Å²) in [5, 5.41) is 15.9. The zero-order valence-corrected chi connectivity index (χ0v) is 21.5. The Labute approximate surface area is 202 Å². The van der Waals surface area contributed by atoms with Crippen molar-refractivity contribution in [2.24, 2.45) is 10.1 Å². The predicted molar refractivity (Wildman–Crippen MR) is 133 cm³/mol. The highest BCUT2D eigenvalue weighted by molar-refractivity contribution is 5.92. The highest BCUT2D eigenvalue weighted by Crippen LogP contribution is 2.20. The number of guanidine groups is 1. The van der Waals surface area contributed by atoms with Crippen molar-refractivity contribution >= 4 is 29.9 Å². The first-order chi connectivity index (χ1) is 16.0. The number of hydrogen-bond acceptors (Lipinski definition) is 7. The summed E-state index contributed by atoms with van der Waals surface area (Å²) >= 11 is 0. The number of hydrogen-bond donors (Lipinski definition) is 5. The number of carbonyl (C=O) groups excluding carboxylic acids is 3. The molecule has 1 rings (SSSR count). The average Bonchev–Trinajstić information content (AvgIpc) is 2.72. The summed E-state index contributed by atoms with van der Waals surface area (Å²) in [6, 6.07) is -1.48. The van der Waals surface area contributed by atoms with Crippen LogP contribution in [0.4, 0.5) is 0 Å². The Hall–Kier alpha value is -2.73. The number of nitrogens with zero attached hydrogens (tertiary/aromatic N) is 3. The maximum Gasteiger partial charge on any atom is 0.243 e. The smallest absolute Gasteiger partial charge is 0.243 e. The van der Waals surface area contributed by atoms with E-state index < -0.39 is 18.1 Å². The molecule has 194 valence electrons. The fourth-order valence-electron chi connectivity index (χ4n) is 3.22. The number of aliphatic imine (C=N–C) groups is 1. The van der Waals surface area contributed by atoms with Gasteiger partial charge in [0.1, 0.15) is 12.1 Å². The van der Waals surface area contributed by atoms with Crippen LogP contribution in [0.5, 0.6) is 0 Å². The fraction of sp³-hybridized carbons (Fsp3) is 0.773. The molecule has 0 aromatic heterocycles. The molecule has 0 spiro atoms. The molecular weight excluding hydrogens is 440 g/mol. The zero-order chi connectivity index (χ0) is 25.7. The lowest BCUT2D eigenvalue weighted by atomic mass is 9.99. The van der Waals surface area contributed by atoms with Crippen molar-refractivity contribution in [3.8, 4) is 0 Å². The molecule has 0 aromatic carbocycles. The summed E-state index contributed by atoms with van der Waals surface area (Å²) in [6.07, 6.45) is 3.40. The summed E-state index contributed by atoms with van der Waals surface area (Å²) < 4.78 is 5.75. The first-order valence-corrected chi connectivity index (χ1v) is 11.6. The molecule has 34 heavy (non-hydrogen) atoms. The van der Waals surface area contributed by atoms with E-state index in [9.17, 15) is 14.4 Å². The molecule has 12 heteroatoms. The van der Waals surface area contributed by atoms with Gasteiger partial charge in [0.2, 0.25) is 17.7 Å². The number of likely N-dealkylation sites (tertiary alicyclic amines) is 1. The minimum atomic E-state index is -0.545. The van der Waals surface area contributed by atoms with Crippen molar-refractivity contribution in [3.63, 3.8) is 0 Å². The molecule has 1 fully saturated rings. The van der Waals surface area contributed by atoms with Crippen LogP contribution in [0.25, 0.3) is 0 Å². The van der Waals surface area contributed by atoms with Crippen molar-refractivity contribution < 1.29 is 19.1 Å². The van der Waals surface area contributed by atoms with Crippen molar-refractivity contribution in [1.29, 1.82) is 0 Å². The van der Waals surface area contributed by atoms with E-state index in [1.54, 1.807) is 26.0 Å². The average molecular weight is 483 g/mol. The van der Waals surface area contributed by atoms with Crippen LogP contribution in [0.1, 0.15) is 47.0 Å². The Morgan fingerprint density at radius 3 is 2.44 bits per heavy atom. The van der Waals surface area contributed by atoms with Gasteiger partial charge in [0, 0.05) is 40.3 Å². The minimum absolute atomic E-state index is 0.163. The van der Waals surface area contributed by atoms with E-state index in [0.717, 1.165) is 6.42 Å². The van der Waals surface area contributed by atoms with E-state index in [-0.39, 0.29) is 29.9 Å². The second-order valence-corrected chi connectivity index (χ2v) is 9.05. The number of rotatable bonds is 12. The van der Waals surface area contributed by atoms with Gasteiger partial charge in [-0.25, -0.2) is 5.43 Å². The lowest BCUT2D eigenvalue weighted by Crippen LogP contribution is -2.63. The molecule has 3 unspecified atom stereocenters. The normalized spacial score (nSPS) is 18.1. The van der Waals surface area contributed by atoms with Gasteiger partial charge in [-0.15, -0.1) is 0 Å². The second kappa shape index (κ2) is 14.5. The Morgan fingerprint density at radius 1 is 1.24 bits per heavy atom. The van der Waals surface area contributed by atoms with E-state index in [0.29, 0.717) is 31.9 Å². The van der Waals surface area contributed by atoms with Gasteiger partial charge in [0.05, 0.1) is 18.2 Å². The zero-order valence-electron chi connectivity index (χ0n) is 21.5. The monoisotopic (exact) mass is 482 g/mol. The van der Waals surface area contributed by atoms with E-state index in [1.807, 2.05) is 20.8 Å². The molecule has 5 N–H and O–H groups in total. The van der Waals surface area contributed by atoms with Gasteiger partial charge in [-0.1, -0.05) is 0 Å². The highest BCUT2D eigenvalue weighted by Gasteiger charge is 2.40. The van der Waals surface area contributed by atoms with Gasteiger partial charge >= 0.3 is 0 Å². The number of ether oxygens (including phenoxy) is 1. The summed E-state index contributed by atoms with van der Waals surface area (Å²) in [7, 11) is 5.16. The maximum atomic E-state index is 13.0. The summed E-state index contributed by atoms with van der Waals surface area (Å²) in [5.74, 6) is -0.0356. The Morgan fingerprint density at radius 2 is 1.94 bits per heavy atom. The van der Waals surface area contributed by atoms with E-state index in [1.165, 1.54) is 13.1 Å². The third-order valence-electron chi connectivity index (χ3n) is 5.18. The molecule has 1 saturated heterocycles. The number of carbonyl (C=O) groups is 3. The van der Waals surface area contributed by atoms with Gasteiger partial charge in [0.25, 0.3) is 0 Å². The van der Waals surface area contributed by atoms with E-state index >= 15 is 0 Å². The van der Waals surface area contributed by atoms with Crippen LogP contribution in [0.3, 0.4) is 0 Å². The summed E-state index contributed by atoms with van der Waals surface area (Å²) in [4.78, 5) is 42.7. The topological polar surface area (TPSA) is 149 Å². The summed E-state index contributed by atoms with van der Waals surface area (Å²) in [5.41, 5.74) is 1.99. The molecular formula is C22H42N8O4. The molecule has 1 aliphatic rings. The van der Waals surface area contributed by atoms with Crippen molar-refractivity contribution in [2.75, 3.05) is 40.8 Å². The lowest BCUT2D eigenvalue weighted by Gasteiger charge is -2.42. The molecule has 1 aliphatic heterocycles. The van der Waals surface area contributed by atoms with Crippen LogP contribution in [-0.4, -0.2) is 99.4 Å². The van der Waals surface area contributed by atoms with Crippen LogP contribution in [0.2, 0.25) is 0 Å². The molecule has 0 aromatic rings. The molecule has 0 aliphatic carbocycles. The van der Waals surface area contributed by atoms with Crippen molar-refractivity contribution in [2.45, 2.75) is 70.7 Å². The quantitative estimate of drug-likeness (QED) is 0.106. The van der Waals surface area contributed by atoms with Crippen molar-refractivity contribution in [1.82, 2.24) is 31.6 Å². The van der Waals surface area contributed by atoms with Crippen LogP contribution in [-0.2, 0) is 19.1 Å². The van der Waals surface area contributed by atoms with Crippen molar-refractivity contribution in [3.05, 3.63) is 0 Å². The number of likely N-dealkylation sites (N-methyl/N-ethyl adjacent to an activating group) is 1. The molecule has 3 atom stereocenters. The van der Waals surface area contributed by atoms with Gasteiger partial charge in [-0.3, -0.25) is 19.4 Å². The van der Waals surface area contributed by atoms with Crippen LogP contribution in [0.15, 0.2) is 10.1 Å². The van der Waals surface area contributed by atoms with Gasteiger partial charge in [0.15, 0.2) is 5.96 Å². The fourth-order valence-corrected chi connectivity index (χ4v) is 3.22.